The van der Waals surface area contributed by atoms with Gasteiger partial charge in [-0.15, -0.1) is 0 Å². The number of hydrogen-bond donors (Lipinski definition) is 0. The maximum atomic E-state index is 13.6. The summed E-state index contributed by atoms with van der Waals surface area (Å²) in [5.74, 6) is 0.390. The topological polar surface area (TPSA) is 84.7 Å². The van der Waals surface area contributed by atoms with Crippen LogP contribution < -0.4 is 15.2 Å². The van der Waals surface area contributed by atoms with Crippen molar-refractivity contribution in [3.05, 3.63) is 81.7 Å². The molecular weight excluding hydrogens is 524 g/mol. The summed E-state index contributed by atoms with van der Waals surface area (Å²) in [5, 5.41) is 4.94. The van der Waals surface area contributed by atoms with Crippen molar-refractivity contribution in [3.8, 4) is 11.4 Å². The number of nitrogens with zero attached hydrogens (tertiary/aromatic N) is 4. The third-order valence-corrected chi connectivity index (χ3v) is 9.43. The number of anilines is 1. The molecule has 1 aliphatic carbocycles. The molecule has 0 atom stereocenters. The first-order chi connectivity index (χ1) is 18.4. The minimum absolute atomic E-state index is 0.0112. The lowest BCUT2D eigenvalue weighted by molar-refractivity contribution is 0.205. The highest BCUT2D eigenvalue weighted by Gasteiger charge is 2.30. The maximum absolute atomic E-state index is 13.6. The fourth-order valence-corrected chi connectivity index (χ4v) is 6.84. The molecule has 0 unspecified atom stereocenters. The third-order valence-electron chi connectivity index (χ3n) is 7.24. The summed E-state index contributed by atoms with van der Waals surface area (Å²) in [7, 11) is -3.36. The van der Waals surface area contributed by atoms with Crippen LogP contribution in [0.5, 0.6) is 5.75 Å². The fourth-order valence-electron chi connectivity index (χ4n) is 5.17. The molecule has 1 aromatic heterocycles. The summed E-state index contributed by atoms with van der Waals surface area (Å²) in [6.45, 7) is 1.63. The smallest absolute Gasteiger partial charge is 0.316 e. The van der Waals surface area contributed by atoms with Gasteiger partial charge in [0, 0.05) is 31.2 Å². The van der Waals surface area contributed by atoms with Crippen molar-refractivity contribution in [2.24, 2.45) is 0 Å². The molecule has 202 valence electrons. The molecule has 2 aromatic carbocycles. The van der Waals surface area contributed by atoms with Crippen molar-refractivity contribution in [2.45, 2.75) is 44.6 Å². The second-order valence-electron chi connectivity index (χ2n) is 9.87. The van der Waals surface area contributed by atoms with Gasteiger partial charge in [-0.25, -0.2) is 8.42 Å². The van der Waals surface area contributed by atoms with Crippen LogP contribution in [-0.4, -0.2) is 60.5 Å². The molecule has 0 amide bonds. The Hall–Kier alpha value is -2.88. The monoisotopic (exact) mass is 556 g/mol. The van der Waals surface area contributed by atoms with Gasteiger partial charge in [0.15, 0.2) is 0 Å². The van der Waals surface area contributed by atoms with Gasteiger partial charge in [-0.3, -0.25) is 4.79 Å². The van der Waals surface area contributed by atoms with Gasteiger partial charge in [0.05, 0.1) is 23.7 Å². The van der Waals surface area contributed by atoms with Gasteiger partial charge in [0.2, 0.25) is 15.8 Å². The quantitative estimate of drug-likeness (QED) is 0.391. The Kier molecular flexibility index (Phi) is 8.35. The van der Waals surface area contributed by atoms with Crippen LogP contribution >= 0.6 is 11.6 Å². The zero-order valence-electron chi connectivity index (χ0n) is 21.3. The van der Waals surface area contributed by atoms with Crippen LogP contribution in [0.25, 0.3) is 5.69 Å². The van der Waals surface area contributed by atoms with Crippen molar-refractivity contribution in [1.82, 2.24) is 14.1 Å². The van der Waals surface area contributed by atoms with E-state index in [1.54, 1.807) is 34.8 Å². The number of halogens is 1. The molecule has 3 aromatic rings. The number of hydrogen-bond acceptors (Lipinski definition) is 6. The molecule has 8 nitrogen and oxygen atoms in total. The molecule has 38 heavy (non-hydrogen) atoms. The van der Waals surface area contributed by atoms with Gasteiger partial charge < -0.3 is 9.64 Å². The van der Waals surface area contributed by atoms with Crippen LogP contribution in [-0.2, 0) is 16.4 Å². The Morgan fingerprint density at radius 3 is 2.42 bits per heavy atom. The van der Waals surface area contributed by atoms with Crippen molar-refractivity contribution < 1.29 is 13.2 Å². The van der Waals surface area contributed by atoms with E-state index in [9.17, 15) is 13.2 Å². The zero-order chi connectivity index (χ0) is 26.5. The molecule has 1 aliphatic heterocycles. The summed E-state index contributed by atoms with van der Waals surface area (Å²) in [5.41, 5.74) is 1.98. The van der Waals surface area contributed by atoms with Crippen molar-refractivity contribution in [1.29, 1.82) is 0 Å². The van der Waals surface area contributed by atoms with Gasteiger partial charge in [0.1, 0.15) is 5.69 Å². The lowest BCUT2D eigenvalue weighted by Crippen LogP contribution is -2.49. The Balaban J connectivity index is 1.30. The molecule has 1 saturated carbocycles. The molecule has 0 radical (unpaired) electrons. The van der Waals surface area contributed by atoms with E-state index < -0.39 is 10.0 Å². The van der Waals surface area contributed by atoms with Gasteiger partial charge in [-0.05, 0) is 62.3 Å². The lowest BCUT2D eigenvalue weighted by atomic mass is 10.1. The summed E-state index contributed by atoms with van der Waals surface area (Å²) in [4.78, 5) is 15.6. The molecule has 1 saturated heterocycles. The molecule has 0 spiro atoms. The van der Waals surface area contributed by atoms with Gasteiger partial charge >= 0.3 is 5.56 Å². The molecule has 0 N–H and O–H groups in total. The van der Waals surface area contributed by atoms with Crippen LogP contribution in [0, 0.1) is 0 Å². The summed E-state index contributed by atoms with van der Waals surface area (Å²) < 4.78 is 35.2. The fraction of sp³-hybridized carbons (Fsp3) is 0.429. The maximum Gasteiger partial charge on any atom is 0.316 e. The third kappa shape index (κ3) is 6.22. The Labute approximate surface area is 228 Å². The van der Waals surface area contributed by atoms with E-state index >= 15 is 0 Å². The number of aryl methyl sites for hydroxylation is 1. The van der Waals surface area contributed by atoms with Crippen LogP contribution in [0.3, 0.4) is 0 Å². The number of piperazine rings is 1. The standard InChI is InChI=1S/C28H33ClN4O4S/c29-23-11-6-12-24(20-23)33-28(34)27(37-25-13-4-5-14-25)26(21-30-33)31-15-17-32(18-16-31)38(35,36)19-7-10-22-8-2-1-3-9-22/h1-3,6,8-9,11-12,20-21,25H,4-5,7,10,13-19H2. The summed E-state index contributed by atoms with van der Waals surface area (Å²) in [6, 6.07) is 16.9. The van der Waals surface area contributed by atoms with Crippen LogP contribution in [0.2, 0.25) is 5.02 Å². The van der Waals surface area contributed by atoms with Crippen LogP contribution in [0.15, 0.2) is 65.6 Å². The molecule has 2 fully saturated rings. The van der Waals surface area contributed by atoms with E-state index in [0.29, 0.717) is 49.0 Å². The molecule has 10 heteroatoms. The largest absolute Gasteiger partial charge is 0.483 e. The van der Waals surface area contributed by atoms with E-state index in [4.69, 9.17) is 16.3 Å². The molecule has 2 aliphatic rings. The minimum atomic E-state index is -3.36. The predicted molar refractivity (Wildman–Crippen MR) is 150 cm³/mol. The molecule has 2 heterocycles. The summed E-state index contributed by atoms with van der Waals surface area (Å²) >= 11 is 6.15. The van der Waals surface area contributed by atoms with E-state index in [-0.39, 0.29) is 23.2 Å². The van der Waals surface area contributed by atoms with Gasteiger partial charge in [-0.2, -0.15) is 14.1 Å². The molecule has 0 bridgehead atoms. The first kappa shape index (κ1) is 26.7. The lowest BCUT2D eigenvalue weighted by Gasteiger charge is -2.36. The highest BCUT2D eigenvalue weighted by atomic mass is 35.5. The van der Waals surface area contributed by atoms with Crippen molar-refractivity contribution in [3.63, 3.8) is 0 Å². The Bertz CT molecular complexity index is 1400. The van der Waals surface area contributed by atoms with Crippen LogP contribution in [0.1, 0.15) is 37.7 Å². The van der Waals surface area contributed by atoms with E-state index in [1.165, 1.54) is 4.68 Å². The second-order valence-corrected chi connectivity index (χ2v) is 12.4. The number of sulfonamides is 1. The van der Waals surface area contributed by atoms with E-state index in [2.05, 4.69) is 5.10 Å². The SMILES string of the molecule is O=c1c(OC2CCCC2)c(N2CCN(S(=O)(=O)CCCc3ccccc3)CC2)cnn1-c1cccc(Cl)c1. The van der Waals surface area contributed by atoms with Crippen molar-refractivity contribution >= 4 is 27.3 Å². The first-order valence-corrected chi connectivity index (χ1v) is 15.2. The number of aromatic nitrogens is 2. The van der Waals surface area contributed by atoms with E-state index in [1.807, 2.05) is 35.2 Å². The average Bonchev–Trinajstić information content (AvgIpc) is 3.44. The van der Waals surface area contributed by atoms with Crippen molar-refractivity contribution in [2.75, 3.05) is 36.8 Å². The zero-order valence-corrected chi connectivity index (χ0v) is 22.9. The van der Waals surface area contributed by atoms with Crippen LogP contribution in [0.4, 0.5) is 5.69 Å². The predicted octanol–water partition coefficient (Wildman–Crippen LogP) is 4.29. The normalized spacial score (nSPS) is 17.1. The Morgan fingerprint density at radius 1 is 0.974 bits per heavy atom. The molecule has 5 rings (SSSR count). The Morgan fingerprint density at radius 2 is 1.71 bits per heavy atom. The number of ether oxygens (including phenoxy) is 1. The summed E-state index contributed by atoms with van der Waals surface area (Å²) in [6.07, 6.45) is 6.93. The first-order valence-electron chi connectivity index (χ1n) is 13.2. The highest BCUT2D eigenvalue weighted by Crippen LogP contribution is 2.30. The number of benzene rings is 2. The van der Waals surface area contributed by atoms with Gasteiger partial charge in [-0.1, -0.05) is 48.0 Å². The average molecular weight is 557 g/mol. The van der Waals surface area contributed by atoms with E-state index in [0.717, 1.165) is 37.7 Å². The van der Waals surface area contributed by atoms with Gasteiger partial charge in [0.25, 0.3) is 0 Å². The second kappa shape index (κ2) is 11.9. The molecular formula is C28H33ClN4O4S. The number of rotatable bonds is 9. The highest BCUT2D eigenvalue weighted by molar-refractivity contribution is 7.89. The minimum Gasteiger partial charge on any atom is -0.483 e.